The van der Waals surface area contributed by atoms with Crippen molar-refractivity contribution in [3.63, 3.8) is 0 Å². The Kier molecular flexibility index (Phi) is 4.92. The smallest absolute Gasteiger partial charge is 0.265 e. The third-order valence-electron chi connectivity index (χ3n) is 2.16. The van der Waals surface area contributed by atoms with E-state index in [4.69, 9.17) is 9.68 Å². The van der Waals surface area contributed by atoms with Crippen molar-refractivity contribution >= 4 is 7.37 Å². The van der Waals surface area contributed by atoms with Crippen molar-refractivity contribution in [3.8, 4) is 0 Å². The number of hydrogen-bond acceptors (Lipinski definition) is 5. The van der Waals surface area contributed by atoms with Crippen LogP contribution < -0.4 is 11.0 Å². The van der Waals surface area contributed by atoms with E-state index < -0.39 is 18.1 Å². The maximum Gasteiger partial charge on any atom is 0.265 e. The molecule has 0 bridgehead atoms. The Morgan fingerprint density at radius 1 is 1.00 bits per heavy atom. The topological polar surface area (TPSA) is 79.8 Å². The van der Waals surface area contributed by atoms with Gasteiger partial charge in [0.1, 0.15) is 0 Å². The highest BCUT2D eigenvalue weighted by molar-refractivity contribution is 7.60. The van der Waals surface area contributed by atoms with Crippen LogP contribution in [0, 0.1) is 0 Å². The van der Waals surface area contributed by atoms with Crippen LogP contribution in [-0.2, 0) is 14.2 Å². The summed E-state index contributed by atoms with van der Waals surface area (Å²) >= 11 is 0. The van der Waals surface area contributed by atoms with Crippen LogP contribution in [0.5, 0.6) is 0 Å². The Bertz CT molecular complexity index is 233. The van der Waals surface area contributed by atoms with Crippen LogP contribution in [-0.4, -0.2) is 29.7 Å². The summed E-state index contributed by atoms with van der Waals surface area (Å²) in [5, 5.41) is -2.47. The van der Waals surface area contributed by atoms with Gasteiger partial charge in [-0.15, -0.1) is 0 Å². The number of hydroxylamine groups is 2. The largest absolute Gasteiger partial charge is 0.340 e. The maximum absolute atomic E-state index is 12.3. The lowest BCUT2D eigenvalue weighted by atomic mass is 10.4. The van der Waals surface area contributed by atoms with E-state index in [0.29, 0.717) is 0 Å². The summed E-state index contributed by atoms with van der Waals surface area (Å²) in [6, 6.07) is 0. The van der Waals surface area contributed by atoms with Crippen molar-refractivity contribution in [1.29, 1.82) is 0 Å². The van der Waals surface area contributed by atoms with Gasteiger partial charge in [-0.05, 0) is 27.7 Å². The minimum Gasteiger partial charge on any atom is -0.340 e. The lowest BCUT2D eigenvalue weighted by molar-refractivity contribution is -0.0607. The minimum atomic E-state index is -3.70. The molecule has 0 amide bonds. The second-order valence-corrected chi connectivity index (χ2v) is 7.39. The van der Waals surface area contributed by atoms with Crippen molar-refractivity contribution in [3.05, 3.63) is 0 Å². The summed E-state index contributed by atoms with van der Waals surface area (Å²) in [6.07, 6.45) is 0. The van der Waals surface area contributed by atoms with Crippen LogP contribution in [0.15, 0.2) is 0 Å². The van der Waals surface area contributed by atoms with Crippen molar-refractivity contribution in [2.24, 2.45) is 0 Å². The number of hydrogen-bond donors (Lipinski definition) is 3. The van der Waals surface area contributed by atoms with Crippen LogP contribution in [0.2, 0.25) is 0 Å². The fraction of sp³-hybridized carbons (Fsp3) is 1.00. The van der Waals surface area contributed by atoms with E-state index >= 15 is 0 Å². The summed E-state index contributed by atoms with van der Waals surface area (Å²) in [7, 11) is -0.630. The molecule has 6 nitrogen and oxygen atoms in total. The number of nitrogens with one attached hydrogen (secondary N) is 2. The lowest BCUT2D eigenvalue weighted by Crippen LogP contribution is -2.41. The molecule has 3 N–H and O–H groups in total. The molecule has 0 atom stereocenters. The summed E-state index contributed by atoms with van der Waals surface area (Å²) < 4.78 is 12.3. The Balaban J connectivity index is 5.03. The second kappa shape index (κ2) is 4.91. The summed E-state index contributed by atoms with van der Waals surface area (Å²) in [5.74, 6) is 0. The first kappa shape index (κ1) is 15.0. The normalized spacial score (nSPS) is 14.3. The van der Waals surface area contributed by atoms with Crippen LogP contribution >= 0.6 is 7.37 Å². The first-order chi connectivity index (χ1) is 6.62. The van der Waals surface area contributed by atoms with Gasteiger partial charge in [0.25, 0.3) is 7.37 Å². The van der Waals surface area contributed by atoms with Crippen LogP contribution in [0.25, 0.3) is 0 Å². The standard InChI is InChI=1S/C8H21N2O4P/c1-7(2,13-9-5)15(11,12)8(3,4)14-10-6/h9-10H,1-6H3,(H,11,12). The summed E-state index contributed by atoms with van der Waals surface area (Å²) in [5.41, 5.74) is 4.84. The van der Waals surface area contributed by atoms with Crippen molar-refractivity contribution in [2.45, 2.75) is 38.4 Å². The lowest BCUT2D eigenvalue weighted by Gasteiger charge is -2.38. The zero-order chi connectivity index (χ0) is 12.3. The molecule has 0 aliphatic heterocycles. The maximum atomic E-state index is 12.3. The Morgan fingerprint density at radius 2 is 1.27 bits per heavy atom. The molecule has 0 aliphatic rings. The van der Waals surface area contributed by atoms with E-state index in [1.165, 1.54) is 41.8 Å². The molecule has 92 valence electrons. The van der Waals surface area contributed by atoms with Gasteiger partial charge in [0.15, 0.2) is 10.7 Å². The molecule has 0 heterocycles. The summed E-state index contributed by atoms with van der Waals surface area (Å²) in [6.45, 7) is 6.13. The molecule has 0 saturated heterocycles. The van der Waals surface area contributed by atoms with Gasteiger partial charge < -0.3 is 4.89 Å². The molecule has 15 heavy (non-hydrogen) atoms. The third-order valence-corrected chi connectivity index (χ3v) is 5.27. The molecular formula is C8H21N2O4P. The van der Waals surface area contributed by atoms with Gasteiger partial charge in [0.05, 0.1) is 0 Å². The molecule has 7 heteroatoms. The van der Waals surface area contributed by atoms with E-state index in [1.54, 1.807) is 0 Å². The van der Waals surface area contributed by atoms with Crippen molar-refractivity contribution in [2.75, 3.05) is 14.1 Å². The average molecular weight is 240 g/mol. The zero-order valence-corrected chi connectivity index (χ0v) is 11.0. The molecule has 0 saturated carbocycles. The van der Waals surface area contributed by atoms with Gasteiger partial charge in [-0.2, -0.15) is 0 Å². The molecule has 0 aromatic carbocycles. The predicted octanol–water partition coefficient (Wildman–Crippen LogP) is 1.03. The van der Waals surface area contributed by atoms with Crippen LogP contribution in [0.1, 0.15) is 27.7 Å². The Labute approximate surface area is 90.7 Å². The highest BCUT2D eigenvalue weighted by Gasteiger charge is 2.53. The molecule has 0 unspecified atom stereocenters. The van der Waals surface area contributed by atoms with Gasteiger partial charge >= 0.3 is 0 Å². The fourth-order valence-corrected chi connectivity index (χ4v) is 3.00. The van der Waals surface area contributed by atoms with Crippen LogP contribution in [0.4, 0.5) is 0 Å². The van der Waals surface area contributed by atoms with Gasteiger partial charge in [-0.25, -0.2) is 11.0 Å². The SMILES string of the molecule is CNOC(C)(C)P(=O)(O)C(C)(C)ONC. The monoisotopic (exact) mass is 240 g/mol. The molecular weight excluding hydrogens is 219 g/mol. The third kappa shape index (κ3) is 3.00. The Hall–Kier alpha value is 0.0300. The van der Waals surface area contributed by atoms with E-state index in [2.05, 4.69) is 11.0 Å². The quantitative estimate of drug-likeness (QED) is 0.475. The first-order valence-corrected chi connectivity index (χ1v) is 6.31. The number of rotatable bonds is 6. The molecule has 0 spiro atoms. The molecule has 0 radical (unpaired) electrons. The van der Waals surface area contributed by atoms with Crippen molar-refractivity contribution in [1.82, 2.24) is 11.0 Å². The molecule has 0 aromatic heterocycles. The predicted molar refractivity (Wildman–Crippen MR) is 58.3 cm³/mol. The zero-order valence-electron chi connectivity index (χ0n) is 10.1. The van der Waals surface area contributed by atoms with E-state index in [-0.39, 0.29) is 0 Å². The molecule has 0 aliphatic carbocycles. The van der Waals surface area contributed by atoms with E-state index in [9.17, 15) is 9.46 Å². The Morgan fingerprint density at radius 3 is 1.47 bits per heavy atom. The fourth-order valence-electron chi connectivity index (χ4n) is 1.27. The highest BCUT2D eigenvalue weighted by atomic mass is 31.2. The van der Waals surface area contributed by atoms with Gasteiger partial charge in [0.2, 0.25) is 0 Å². The highest BCUT2D eigenvalue weighted by Crippen LogP contribution is 2.64. The first-order valence-electron chi connectivity index (χ1n) is 4.65. The van der Waals surface area contributed by atoms with Gasteiger partial charge in [0, 0.05) is 14.1 Å². The minimum absolute atomic E-state index is 1.23. The average Bonchev–Trinajstić information content (AvgIpc) is 2.03. The second-order valence-electron chi connectivity index (χ2n) is 4.08. The molecule has 0 fully saturated rings. The van der Waals surface area contributed by atoms with Crippen LogP contribution in [0.3, 0.4) is 0 Å². The van der Waals surface area contributed by atoms with Gasteiger partial charge in [-0.1, -0.05) is 0 Å². The van der Waals surface area contributed by atoms with Crippen molar-refractivity contribution < 1.29 is 19.1 Å². The van der Waals surface area contributed by atoms with Gasteiger partial charge in [-0.3, -0.25) is 14.2 Å². The van der Waals surface area contributed by atoms with E-state index in [1.807, 2.05) is 0 Å². The summed E-state index contributed by atoms with van der Waals surface area (Å²) in [4.78, 5) is 20.2. The molecule has 0 rings (SSSR count). The molecule has 0 aromatic rings. The van der Waals surface area contributed by atoms with E-state index in [0.717, 1.165) is 0 Å².